The Morgan fingerprint density at radius 3 is 2.43 bits per heavy atom. The number of anilines is 1. The van der Waals surface area contributed by atoms with Crippen LogP contribution < -0.4 is 15.0 Å². The quantitative estimate of drug-likeness (QED) is 0.355. The molecule has 2 aromatic carbocycles. The molecule has 0 bridgehead atoms. The number of rotatable bonds is 8. The van der Waals surface area contributed by atoms with E-state index >= 15 is 0 Å². The molecule has 1 atom stereocenters. The Morgan fingerprint density at radius 1 is 1.14 bits per heavy atom. The van der Waals surface area contributed by atoms with Crippen LogP contribution in [0, 0.1) is 6.92 Å². The molecule has 0 unspecified atom stereocenters. The van der Waals surface area contributed by atoms with Gasteiger partial charge in [0.2, 0.25) is 5.91 Å². The SMILES string of the molecule is CCOc1ccc([C@H](C(=O)NC2CCCC2)N(C(=O)c2nsc(Cl)c2Cl)c2ccccc2C)cc1. The van der Waals surface area contributed by atoms with Crippen molar-refractivity contribution in [1.29, 1.82) is 0 Å². The molecule has 1 saturated carbocycles. The summed E-state index contributed by atoms with van der Waals surface area (Å²) in [4.78, 5) is 29.3. The summed E-state index contributed by atoms with van der Waals surface area (Å²) in [5.74, 6) is -0.0580. The van der Waals surface area contributed by atoms with Crippen LogP contribution in [0.2, 0.25) is 9.36 Å². The summed E-state index contributed by atoms with van der Waals surface area (Å²) in [7, 11) is 0. The van der Waals surface area contributed by atoms with E-state index in [1.54, 1.807) is 0 Å². The van der Waals surface area contributed by atoms with Gasteiger partial charge in [-0.05, 0) is 67.5 Å². The van der Waals surface area contributed by atoms with Gasteiger partial charge < -0.3 is 10.1 Å². The number of nitrogens with one attached hydrogen (secondary N) is 1. The molecule has 1 N–H and O–H groups in total. The number of amides is 2. The number of halogens is 2. The Hall–Kier alpha value is -2.61. The molecule has 1 aromatic heterocycles. The van der Waals surface area contributed by atoms with Crippen LogP contribution in [0.4, 0.5) is 5.69 Å². The topological polar surface area (TPSA) is 71.5 Å². The Balaban J connectivity index is 1.84. The minimum absolute atomic E-state index is 0.0227. The van der Waals surface area contributed by atoms with Gasteiger partial charge in [0.15, 0.2) is 5.69 Å². The van der Waals surface area contributed by atoms with E-state index in [9.17, 15) is 9.59 Å². The van der Waals surface area contributed by atoms with E-state index in [0.717, 1.165) is 42.8 Å². The lowest BCUT2D eigenvalue weighted by atomic mass is 10.0. The first kappa shape index (κ1) is 25.5. The predicted molar refractivity (Wildman–Crippen MR) is 141 cm³/mol. The number of ether oxygens (including phenoxy) is 1. The maximum Gasteiger partial charge on any atom is 0.280 e. The summed E-state index contributed by atoms with van der Waals surface area (Å²) in [5.41, 5.74) is 2.11. The second-order valence-electron chi connectivity index (χ2n) is 8.48. The first-order valence-corrected chi connectivity index (χ1v) is 13.2. The lowest BCUT2D eigenvalue weighted by Gasteiger charge is -2.33. The molecule has 2 amide bonds. The summed E-state index contributed by atoms with van der Waals surface area (Å²) in [6.45, 7) is 4.34. The molecular formula is C26H27Cl2N3O3S. The number of carbonyl (C=O) groups is 2. The van der Waals surface area contributed by atoms with Crippen LogP contribution in [-0.2, 0) is 4.79 Å². The van der Waals surface area contributed by atoms with Crippen molar-refractivity contribution in [3.63, 3.8) is 0 Å². The lowest BCUT2D eigenvalue weighted by molar-refractivity contribution is -0.123. The monoisotopic (exact) mass is 531 g/mol. The standard InChI is InChI=1S/C26H27Cl2N3O3S/c1-3-34-19-14-12-17(13-15-19)23(25(32)29-18-9-5-6-10-18)31(20-11-7-4-8-16(20)2)26(33)22-21(27)24(28)35-30-22/h4,7-8,11-15,18,23H,3,5-6,9-10H2,1-2H3,(H,29,32)/t23-/m1/s1. The fraction of sp³-hybridized carbons (Fsp3) is 0.346. The van der Waals surface area contributed by atoms with E-state index < -0.39 is 11.9 Å². The second-order valence-corrected chi connectivity index (χ2v) is 10.2. The van der Waals surface area contributed by atoms with Crippen LogP contribution in [-0.4, -0.2) is 28.8 Å². The van der Waals surface area contributed by atoms with Crippen molar-refractivity contribution in [1.82, 2.24) is 9.69 Å². The van der Waals surface area contributed by atoms with Gasteiger partial charge in [0.25, 0.3) is 5.91 Å². The first-order chi connectivity index (χ1) is 16.9. The summed E-state index contributed by atoms with van der Waals surface area (Å²) in [6.07, 6.45) is 4.00. The average Bonchev–Trinajstić information content (AvgIpc) is 3.48. The molecule has 1 heterocycles. The minimum Gasteiger partial charge on any atom is -0.494 e. The third-order valence-corrected chi connectivity index (χ3v) is 7.72. The number of carbonyl (C=O) groups excluding carboxylic acids is 2. The molecule has 35 heavy (non-hydrogen) atoms. The average molecular weight is 532 g/mol. The van der Waals surface area contributed by atoms with Crippen molar-refractivity contribution in [3.8, 4) is 5.75 Å². The van der Waals surface area contributed by atoms with Crippen molar-refractivity contribution in [2.75, 3.05) is 11.5 Å². The number of hydrogen-bond donors (Lipinski definition) is 1. The summed E-state index contributed by atoms with van der Waals surface area (Å²) in [5, 5.41) is 3.26. The molecule has 0 radical (unpaired) electrons. The number of para-hydroxylation sites is 1. The van der Waals surface area contributed by atoms with E-state index in [4.69, 9.17) is 27.9 Å². The highest BCUT2D eigenvalue weighted by atomic mass is 35.5. The van der Waals surface area contributed by atoms with E-state index in [2.05, 4.69) is 9.69 Å². The van der Waals surface area contributed by atoms with E-state index in [-0.39, 0.29) is 27.0 Å². The number of aryl methyl sites for hydroxylation is 1. The summed E-state index contributed by atoms with van der Waals surface area (Å²) < 4.78 is 10.0. The van der Waals surface area contributed by atoms with Gasteiger partial charge in [-0.25, -0.2) is 0 Å². The highest BCUT2D eigenvalue weighted by molar-refractivity contribution is 7.11. The van der Waals surface area contributed by atoms with Crippen molar-refractivity contribution in [2.45, 2.75) is 51.6 Å². The maximum atomic E-state index is 14.0. The number of benzene rings is 2. The highest BCUT2D eigenvalue weighted by Crippen LogP contribution is 2.36. The predicted octanol–water partition coefficient (Wildman–Crippen LogP) is 6.60. The van der Waals surface area contributed by atoms with Crippen LogP contribution in [0.1, 0.15) is 60.3 Å². The molecule has 6 nitrogen and oxygen atoms in total. The molecule has 0 spiro atoms. The molecule has 9 heteroatoms. The third kappa shape index (κ3) is 5.63. The van der Waals surface area contributed by atoms with Gasteiger partial charge in [-0.3, -0.25) is 14.5 Å². The van der Waals surface area contributed by atoms with E-state index in [1.807, 2.05) is 62.4 Å². The summed E-state index contributed by atoms with van der Waals surface area (Å²) >= 11 is 13.4. The van der Waals surface area contributed by atoms with E-state index in [0.29, 0.717) is 23.6 Å². The largest absolute Gasteiger partial charge is 0.494 e. The normalized spacial score (nSPS) is 14.5. The minimum atomic E-state index is -0.948. The molecule has 1 aliphatic rings. The van der Waals surface area contributed by atoms with Crippen LogP contribution in [0.3, 0.4) is 0 Å². The zero-order valence-corrected chi connectivity index (χ0v) is 21.9. The molecule has 4 rings (SSSR count). The Bertz CT molecular complexity index is 1190. The van der Waals surface area contributed by atoms with Gasteiger partial charge in [0.05, 0.1) is 6.61 Å². The maximum absolute atomic E-state index is 14.0. The van der Waals surface area contributed by atoms with Gasteiger partial charge in [-0.15, -0.1) is 0 Å². The number of hydrogen-bond acceptors (Lipinski definition) is 5. The molecule has 3 aromatic rings. The zero-order valence-electron chi connectivity index (χ0n) is 19.6. The fourth-order valence-corrected chi connectivity index (χ4v) is 5.37. The highest BCUT2D eigenvalue weighted by Gasteiger charge is 2.37. The smallest absolute Gasteiger partial charge is 0.280 e. The van der Waals surface area contributed by atoms with E-state index in [1.165, 1.54) is 4.90 Å². The number of aromatic nitrogens is 1. The van der Waals surface area contributed by atoms with Crippen LogP contribution in [0.5, 0.6) is 5.75 Å². The number of nitrogens with zero attached hydrogens (tertiary/aromatic N) is 2. The van der Waals surface area contributed by atoms with Gasteiger partial charge in [0, 0.05) is 11.7 Å². The van der Waals surface area contributed by atoms with Crippen molar-refractivity contribution < 1.29 is 14.3 Å². The van der Waals surface area contributed by atoms with Crippen LogP contribution in [0.25, 0.3) is 0 Å². The van der Waals surface area contributed by atoms with Crippen LogP contribution in [0.15, 0.2) is 48.5 Å². The molecular weight excluding hydrogens is 505 g/mol. The van der Waals surface area contributed by atoms with Crippen molar-refractivity contribution in [3.05, 3.63) is 74.7 Å². The zero-order chi connectivity index (χ0) is 24.9. The lowest BCUT2D eigenvalue weighted by Crippen LogP contribution is -2.46. The molecule has 184 valence electrons. The van der Waals surface area contributed by atoms with Crippen molar-refractivity contribution in [2.24, 2.45) is 0 Å². The Kier molecular flexibility index (Phi) is 8.31. The van der Waals surface area contributed by atoms with Gasteiger partial charge in [0.1, 0.15) is 21.2 Å². The molecule has 0 aliphatic heterocycles. The fourth-order valence-electron chi connectivity index (χ4n) is 4.39. The first-order valence-electron chi connectivity index (χ1n) is 11.6. The summed E-state index contributed by atoms with van der Waals surface area (Å²) in [6, 6.07) is 13.8. The van der Waals surface area contributed by atoms with Gasteiger partial charge in [-0.2, -0.15) is 4.37 Å². The Morgan fingerprint density at radius 2 is 1.83 bits per heavy atom. The van der Waals surface area contributed by atoms with Crippen molar-refractivity contribution >= 4 is 52.2 Å². The molecule has 0 saturated heterocycles. The Labute approximate surface area is 219 Å². The molecule has 1 aliphatic carbocycles. The van der Waals surface area contributed by atoms with Gasteiger partial charge >= 0.3 is 0 Å². The third-order valence-electron chi connectivity index (χ3n) is 6.11. The molecule has 1 fully saturated rings. The van der Waals surface area contributed by atoms with Crippen LogP contribution >= 0.6 is 34.7 Å². The second kappa shape index (κ2) is 11.4. The van der Waals surface area contributed by atoms with Gasteiger partial charge in [-0.1, -0.05) is 66.4 Å².